The first-order valence-corrected chi connectivity index (χ1v) is 13.0. The lowest BCUT2D eigenvalue weighted by atomic mass is 9.95. The number of carbonyl (C=O) groups is 1. The van der Waals surface area contributed by atoms with Crippen LogP contribution in [0.15, 0.2) is 59.5 Å². The van der Waals surface area contributed by atoms with Crippen molar-refractivity contribution in [2.45, 2.75) is 50.1 Å². The van der Waals surface area contributed by atoms with Crippen LogP contribution in [0, 0.1) is 12.8 Å². The van der Waals surface area contributed by atoms with Crippen LogP contribution in [-0.2, 0) is 21.4 Å². The summed E-state index contributed by atoms with van der Waals surface area (Å²) in [7, 11) is -3.48. The highest BCUT2D eigenvalue weighted by Gasteiger charge is 2.33. The minimum atomic E-state index is -3.48. The van der Waals surface area contributed by atoms with Crippen LogP contribution in [0.3, 0.4) is 0 Å². The number of piperidine rings is 2. The zero-order valence-electron chi connectivity index (χ0n) is 18.7. The minimum absolute atomic E-state index is 0.0825. The van der Waals surface area contributed by atoms with E-state index in [0.717, 1.165) is 32.5 Å². The average Bonchev–Trinajstić information content (AvgIpc) is 2.82. The van der Waals surface area contributed by atoms with Gasteiger partial charge in [0.2, 0.25) is 15.9 Å². The molecule has 172 valence electrons. The molecule has 1 N–H and O–H groups in total. The van der Waals surface area contributed by atoms with Crippen LogP contribution in [-0.4, -0.2) is 55.8 Å². The van der Waals surface area contributed by atoms with Gasteiger partial charge in [-0.25, -0.2) is 8.42 Å². The molecule has 0 saturated carbocycles. The SMILES string of the molecule is Cc1ccccc1CN1CCC(NC(=O)C2CCN(S(=O)(=O)c3ccccc3)CC2)CC1. The molecule has 0 radical (unpaired) electrons. The summed E-state index contributed by atoms with van der Waals surface area (Å²) in [6.07, 6.45) is 3.06. The van der Waals surface area contributed by atoms with Crippen LogP contribution < -0.4 is 5.32 Å². The van der Waals surface area contributed by atoms with E-state index in [-0.39, 0.29) is 17.9 Å². The summed E-state index contributed by atoms with van der Waals surface area (Å²) in [6, 6.07) is 17.2. The van der Waals surface area contributed by atoms with Crippen molar-refractivity contribution in [2.24, 2.45) is 5.92 Å². The van der Waals surface area contributed by atoms with Gasteiger partial charge >= 0.3 is 0 Å². The highest BCUT2D eigenvalue weighted by atomic mass is 32.2. The van der Waals surface area contributed by atoms with E-state index >= 15 is 0 Å². The number of rotatable bonds is 6. The van der Waals surface area contributed by atoms with E-state index in [0.29, 0.717) is 30.8 Å². The number of nitrogens with one attached hydrogen (secondary N) is 1. The molecule has 2 aliphatic heterocycles. The van der Waals surface area contributed by atoms with Gasteiger partial charge in [-0.2, -0.15) is 4.31 Å². The van der Waals surface area contributed by atoms with Gasteiger partial charge in [0.1, 0.15) is 0 Å². The second kappa shape index (κ2) is 10.1. The number of carbonyl (C=O) groups excluding carboxylic acids is 1. The van der Waals surface area contributed by atoms with Gasteiger partial charge in [0.15, 0.2) is 0 Å². The Hall–Kier alpha value is -2.22. The third kappa shape index (κ3) is 5.39. The van der Waals surface area contributed by atoms with Crippen LogP contribution in [0.2, 0.25) is 0 Å². The van der Waals surface area contributed by atoms with Crippen LogP contribution in [0.5, 0.6) is 0 Å². The largest absolute Gasteiger partial charge is 0.353 e. The monoisotopic (exact) mass is 455 g/mol. The molecule has 0 aliphatic carbocycles. The summed E-state index contributed by atoms with van der Waals surface area (Å²) in [6.45, 7) is 5.86. The maximum atomic E-state index is 12.8. The molecule has 2 saturated heterocycles. The Morgan fingerprint density at radius 2 is 1.53 bits per heavy atom. The van der Waals surface area contributed by atoms with E-state index in [9.17, 15) is 13.2 Å². The van der Waals surface area contributed by atoms with Crippen LogP contribution in [0.25, 0.3) is 0 Å². The van der Waals surface area contributed by atoms with Gasteiger partial charge in [-0.1, -0.05) is 42.5 Å². The quantitative estimate of drug-likeness (QED) is 0.726. The van der Waals surface area contributed by atoms with Crippen molar-refractivity contribution in [2.75, 3.05) is 26.2 Å². The van der Waals surface area contributed by atoms with Gasteiger partial charge < -0.3 is 5.32 Å². The normalized spacial score (nSPS) is 19.7. The van der Waals surface area contributed by atoms with E-state index in [1.807, 2.05) is 6.07 Å². The maximum Gasteiger partial charge on any atom is 0.243 e. The molecule has 4 rings (SSSR count). The summed E-state index contributed by atoms with van der Waals surface area (Å²) >= 11 is 0. The van der Waals surface area contributed by atoms with E-state index in [4.69, 9.17) is 0 Å². The summed E-state index contributed by atoms with van der Waals surface area (Å²) in [4.78, 5) is 15.6. The number of likely N-dealkylation sites (tertiary alicyclic amines) is 1. The molecular formula is C25H33N3O3S. The van der Waals surface area contributed by atoms with Crippen molar-refractivity contribution in [1.82, 2.24) is 14.5 Å². The first-order chi connectivity index (χ1) is 15.4. The molecule has 0 atom stereocenters. The van der Waals surface area contributed by atoms with Gasteiger partial charge in [0, 0.05) is 44.7 Å². The zero-order chi connectivity index (χ0) is 22.6. The summed E-state index contributed by atoms with van der Waals surface area (Å²) < 4.78 is 27.1. The molecular weight excluding hydrogens is 422 g/mol. The summed E-state index contributed by atoms with van der Waals surface area (Å²) in [5.41, 5.74) is 2.69. The molecule has 1 amide bonds. The minimum Gasteiger partial charge on any atom is -0.353 e. The lowest BCUT2D eigenvalue weighted by Crippen LogP contribution is -2.48. The lowest BCUT2D eigenvalue weighted by molar-refractivity contribution is -0.127. The number of nitrogens with zero attached hydrogens (tertiary/aromatic N) is 2. The number of hydrogen-bond donors (Lipinski definition) is 1. The molecule has 2 aromatic carbocycles. The average molecular weight is 456 g/mol. The number of benzene rings is 2. The number of aryl methyl sites for hydroxylation is 1. The molecule has 2 fully saturated rings. The molecule has 6 nitrogen and oxygen atoms in total. The Morgan fingerprint density at radius 3 is 2.19 bits per heavy atom. The van der Waals surface area contributed by atoms with Crippen LogP contribution in [0.1, 0.15) is 36.8 Å². The van der Waals surface area contributed by atoms with Gasteiger partial charge in [-0.15, -0.1) is 0 Å². The second-order valence-electron chi connectivity index (χ2n) is 8.98. The molecule has 7 heteroatoms. The Bertz CT molecular complexity index is 1010. The second-order valence-corrected chi connectivity index (χ2v) is 10.9. The molecule has 0 spiro atoms. The van der Waals surface area contributed by atoms with Crippen molar-refractivity contribution in [3.8, 4) is 0 Å². The van der Waals surface area contributed by atoms with Crippen LogP contribution in [0.4, 0.5) is 0 Å². The third-order valence-electron chi connectivity index (χ3n) is 6.79. The van der Waals surface area contributed by atoms with Crippen molar-refractivity contribution in [3.63, 3.8) is 0 Å². The number of amides is 1. The van der Waals surface area contributed by atoms with Crippen molar-refractivity contribution in [1.29, 1.82) is 0 Å². The predicted octanol–water partition coefficient (Wildman–Crippen LogP) is 3.18. The van der Waals surface area contributed by atoms with E-state index in [1.165, 1.54) is 15.4 Å². The first kappa shape index (κ1) is 23.0. The van der Waals surface area contributed by atoms with Crippen molar-refractivity contribution in [3.05, 3.63) is 65.7 Å². The Kier molecular flexibility index (Phi) is 7.28. The fraction of sp³-hybridized carbons (Fsp3) is 0.480. The fourth-order valence-electron chi connectivity index (χ4n) is 4.68. The molecule has 2 aromatic rings. The first-order valence-electron chi connectivity index (χ1n) is 11.6. The fourth-order valence-corrected chi connectivity index (χ4v) is 6.17. The molecule has 32 heavy (non-hydrogen) atoms. The Morgan fingerprint density at radius 1 is 0.906 bits per heavy atom. The molecule has 2 aliphatic rings. The molecule has 0 unspecified atom stereocenters. The standard InChI is InChI=1S/C25H33N3O3S/c1-20-7-5-6-8-22(20)19-27-15-13-23(14-16-27)26-25(29)21-11-17-28(18-12-21)32(30,31)24-9-3-2-4-10-24/h2-10,21,23H,11-19H2,1H3,(H,26,29). The van der Waals surface area contributed by atoms with Crippen LogP contribution >= 0.6 is 0 Å². The smallest absolute Gasteiger partial charge is 0.243 e. The Balaban J connectivity index is 1.22. The predicted molar refractivity (Wildman–Crippen MR) is 126 cm³/mol. The zero-order valence-corrected chi connectivity index (χ0v) is 19.6. The van der Waals surface area contributed by atoms with Crippen molar-refractivity contribution < 1.29 is 13.2 Å². The van der Waals surface area contributed by atoms with E-state index in [1.54, 1.807) is 24.3 Å². The molecule has 0 aromatic heterocycles. The Labute approximate surface area is 191 Å². The highest BCUT2D eigenvalue weighted by Crippen LogP contribution is 2.24. The van der Waals surface area contributed by atoms with Gasteiger partial charge in [0.25, 0.3) is 0 Å². The number of hydrogen-bond acceptors (Lipinski definition) is 4. The topological polar surface area (TPSA) is 69.7 Å². The molecule has 2 heterocycles. The van der Waals surface area contributed by atoms with Gasteiger partial charge in [-0.05, 0) is 55.9 Å². The number of sulfonamides is 1. The summed E-state index contributed by atoms with van der Waals surface area (Å²) in [5, 5.41) is 3.24. The third-order valence-corrected chi connectivity index (χ3v) is 8.71. The molecule has 0 bridgehead atoms. The van der Waals surface area contributed by atoms with Gasteiger partial charge in [0.05, 0.1) is 4.90 Å². The maximum absolute atomic E-state index is 12.8. The van der Waals surface area contributed by atoms with Gasteiger partial charge in [-0.3, -0.25) is 9.69 Å². The lowest BCUT2D eigenvalue weighted by Gasteiger charge is -2.35. The summed E-state index contributed by atoms with van der Waals surface area (Å²) in [5.74, 6) is -0.0265. The van der Waals surface area contributed by atoms with Crippen molar-refractivity contribution >= 4 is 15.9 Å². The van der Waals surface area contributed by atoms with E-state index < -0.39 is 10.0 Å². The van der Waals surface area contributed by atoms with E-state index in [2.05, 4.69) is 41.4 Å². The highest BCUT2D eigenvalue weighted by molar-refractivity contribution is 7.89.